The van der Waals surface area contributed by atoms with Gasteiger partial charge in [0.25, 0.3) is 5.91 Å². The number of nitrogens with zero attached hydrogens (tertiary/aromatic N) is 5. The first-order valence-electron chi connectivity index (χ1n) is 9.44. The summed E-state index contributed by atoms with van der Waals surface area (Å²) in [6.45, 7) is 3.81. The monoisotopic (exact) mass is 396 g/mol. The van der Waals surface area contributed by atoms with E-state index in [1.165, 1.54) is 0 Å². The molecule has 0 bridgehead atoms. The largest absolute Gasteiger partial charge is 0.322 e. The van der Waals surface area contributed by atoms with E-state index >= 15 is 0 Å². The molecule has 4 rings (SSSR count). The van der Waals surface area contributed by atoms with Crippen LogP contribution in [0, 0.1) is 13.8 Å². The highest BCUT2D eigenvalue weighted by molar-refractivity contribution is 6.05. The number of carbonyl (C=O) groups is 1. The number of aryl methyl sites for hydroxylation is 2. The van der Waals surface area contributed by atoms with E-state index in [1.54, 1.807) is 49.2 Å². The number of anilines is 4. The van der Waals surface area contributed by atoms with Crippen LogP contribution < -0.4 is 10.2 Å². The van der Waals surface area contributed by atoms with E-state index in [2.05, 4.69) is 25.3 Å². The maximum atomic E-state index is 12.7. The average Bonchev–Trinajstić information content (AvgIpc) is 2.78. The van der Waals surface area contributed by atoms with Gasteiger partial charge in [0.1, 0.15) is 0 Å². The molecule has 0 aliphatic carbocycles. The predicted octanol–water partition coefficient (Wildman–Crippen LogP) is 4.61. The van der Waals surface area contributed by atoms with E-state index in [-0.39, 0.29) is 5.91 Å². The summed E-state index contributed by atoms with van der Waals surface area (Å²) in [7, 11) is 0. The van der Waals surface area contributed by atoms with Crippen molar-refractivity contribution in [2.75, 3.05) is 10.2 Å². The van der Waals surface area contributed by atoms with E-state index in [0.29, 0.717) is 22.9 Å². The summed E-state index contributed by atoms with van der Waals surface area (Å²) >= 11 is 0. The lowest BCUT2D eigenvalue weighted by molar-refractivity contribution is 0.102. The van der Waals surface area contributed by atoms with E-state index in [9.17, 15) is 4.79 Å². The Labute approximate surface area is 174 Å². The third-order valence-electron chi connectivity index (χ3n) is 4.62. The van der Waals surface area contributed by atoms with E-state index in [0.717, 1.165) is 16.9 Å². The molecule has 30 heavy (non-hydrogen) atoms. The van der Waals surface area contributed by atoms with Gasteiger partial charge in [-0.2, -0.15) is 0 Å². The molecule has 3 aromatic heterocycles. The fourth-order valence-corrected chi connectivity index (χ4v) is 3.11. The number of hydrogen-bond acceptors (Lipinski definition) is 6. The number of nitrogens with one attached hydrogen (secondary N) is 1. The lowest BCUT2D eigenvalue weighted by atomic mass is 10.1. The lowest BCUT2D eigenvalue weighted by Crippen LogP contribution is -2.16. The van der Waals surface area contributed by atoms with Gasteiger partial charge in [0.2, 0.25) is 5.95 Å². The highest BCUT2D eigenvalue weighted by Crippen LogP contribution is 2.35. The van der Waals surface area contributed by atoms with Crippen LogP contribution in [0.5, 0.6) is 0 Å². The van der Waals surface area contributed by atoms with Crippen molar-refractivity contribution < 1.29 is 4.79 Å². The van der Waals surface area contributed by atoms with Crippen LogP contribution in [0.25, 0.3) is 0 Å². The Morgan fingerprint density at radius 1 is 0.900 bits per heavy atom. The van der Waals surface area contributed by atoms with Gasteiger partial charge in [0, 0.05) is 36.2 Å². The van der Waals surface area contributed by atoms with Gasteiger partial charge in [-0.15, -0.1) is 0 Å². The standard InChI is InChI=1S/C23H20N6O/c1-16-8-9-18(28-22(30)20-7-4-11-25-17(20)2)14-21(16)29(19-6-3-10-24-15-19)23-26-12-5-13-27-23/h3-15H,1-2H3,(H,28,30). The molecular formula is C23H20N6O. The summed E-state index contributed by atoms with van der Waals surface area (Å²) in [6, 6.07) is 14.8. The molecule has 148 valence electrons. The van der Waals surface area contributed by atoms with Crippen molar-refractivity contribution in [2.45, 2.75) is 13.8 Å². The lowest BCUT2D eigenvalue weighted by Gasteiger charge is -2.24. The van der Waals surface area contributed by atoms with E-state index in [4.69, 9.17) is 0 Å². The first-order valence-corrected chi connectivity index (χ1v) is 9.44. The molecule has 0 fully saturated rings. The fourth-order valence-electron chi connectivity index (χ4n) is 3.11. The Bertz CT molecular complexity index is 1130. The molecule has 3 heterocycles. The van der Waals surface area contributed by atoms with Crippen molar-refractivity contribution in [2.24, 2.45) is 0 Å². The van der Waals surface area contributed by atoms with Crippen molar-refractivity contribution in [3.63, 3.8) is 0 Å². The van der Waals surface area contributed by atoms with Crippen molar-refractivity contribution in [1.82, 2.24) is 19.9 Å². The normalized spacial score (nSPS) is 10.5. The van der Waals surface area contributed by atoms with Crippen LogP contribution in [0.1, 0.15) is 21.6 Å². The third-order valence-corrected chi connectivity index (χ3v) is 4.62. The van der Waals surface area contributed by atoms with E-state index < -0.39 is 0 Å². The SMILES string of the molecule is Cc1ccc(NC(=O)c2cccnc2C)cc1N(c1cccnc1)c1ncccn1. The number of benzene rings is 1. The second-order valence-electron chi connectivity index (χ2n) is 6.69. The molecule has 0 aliphatic heterocycles. The van der Waals surface area contributed by atoms with Crippen LogP contribution >= 0.6 is 0 Å². The number of hydrogen-bond donors (Lipinski definition) is 1. The van der Waals surface area contributed by atoms with Crippen LogP contribution in [0.3, 0.4) is 0 Å². The molecule has 0 saturated carbocycles. The Kier molecular flexibility index (Phi) is 5.43. The summed E-state index contributed by atoms with van der Waals surface area (Å²) in [5, 5.41) is 2.96. The highest BCUT2D eigenvalue weighted by Gasteiger charge is 2.18. The van der Waals surface area contributed by atoms with Crippen LogP contribution in [0.2, 0.25) is 0 Å². The van der Waals surface area contributed by atoms with Crippen LogP contribution in [-0.4, -0.2) is 25.8 Å². The second kappa shape index (κ2) is 8.48. The van der Waals surface area contributed by atoms with Gasteiger partial charge in [0.15, 0.2) is 0 Å². The molecule has 0 spiro atoms. The molecular weight excluding hydrogens is 376 g/mol. The molecule has 4 aromatic rings. The van der Waals surface area contributed by atoms with Crippen molar-refractivity contribution in [1.29, 1.82) is 0 Å². The summed E-state index contributed by atoms with van der Waals surface area (Å²) in [6.07, 6.45) is 8.52. The zero-order chi connectivity index (χ0) is 20.9. The summed E-state index contributed by atoms with van der Waals surface area (Å²) in [4.78, 5) is 31.9. The molecule has 7 heteroatoms. The minimum atomic E-state index is -0.209. The Morgan fingerprint density at radius 3 is 2.40 bits per heavy atom. The topological polar surface area (TPSA) is 83.9 Å². The van der Waals surface area contributed by atoms with Crippen molar-refractivity contribution >= 4 is 28.9 Å². The zero-order valence-electron chi connectivity index (χ0n) is 16.6. The van der Waals surface area contributed by atoms with E-state index in [1.807, 2.05) is 49.1 Å². The zero-order valence-corrected chi connectivity index (χ0v) is 16.6. The van der Waals surface area contributed by atoms with Gasteiger partial charge < -0.3 is 5.32 Å². The molecule has 1 N–H and O–H groups in total. The number of pyridine rings is 2. The Morgan fingerprint density at radius 2 is 1.67 bits per heavy atom. The van der Waals surface area contributed by atoms with Gasteiger partial charge in [-0.05, 0) is 61.9 Å². The molecule has 7 nitrogen and oxygen atoms in total. The van der Waals surface area contributed by atoms with Crippen molar-refractivity contribution in [3.8, 4) is 0 Å². The van der Waals surface area contributed by atoms with Crippen molar-refractivity contribution in [3.05, 3.63) is 96.3 Å². The van der Waals surface area contributed by atoms with Gasteiger partial charge in [-0.3, -0.25) is 19.7 Å². The molecule has 0 aliphatic rings. The maximum absolute atomic E-state index is 12.7. The second-order valence-corrected chi connectivity index (χ2v) is 6.69. The van der Waals surface area contributed by atoms with Crippen LogP contribution in [0.15, 0.2) is 79.5 Å². The number of aromatic nitrogens is 4. The third kappa shape index (κ3) is 4.00. The minimum Gasteiger partial charge on any atom is -0.322 e. The first kappa shape index (κ1) is 19.2. The highest BCUT2D eigenvalue weighted by atomic mass is 16.1. The van der Waals surface area contributed by atoms with Gasteiger partial charge in [-0.1, -0.05) is 6.07 Å². The number of rotatable bonds is 5. The minimum absolute atomic E-state index is 0.209. The summed E-state index contributed by atoms with van der Waals surface area (Å²) in [5.74, 6) is 0.305. The first-order chi connectivity index (χ1) is 14.6. The van der Waals surface area contributed by atoms with Crippen LogP contribution in [-0.2, 0) is 0 Å². The van der Waals surface area contributed by atoms with Gasteiger partial charge in [0.05, 0.1) is 23.1 Å². The molecule has 0 saturated heterocycles. The molecule has 1 aromatic carbocycles. The summed E-state index contributed by atoms with van der Waals surface area (Å²) < 4.78 is 0. The molecule has 1 amide bonds. The molecule has 0 radical (unpaired) electrons. The quantitative estimate of drug-likeness (QED) is 0.530. The fraction of sp³-hybridized carbons (Fsp3) is 0.0870. The smallest absolute Gasteiger partial charge is 0.257 e. The number of carbonyl (C=O) groups excluding carboxylic acids is 1. The van der Waals surface area contributed by atoms with Gasteiger partial charge >= 0.3 is 0 Å². The Hall–Kier alpha value is -4.13. The van der Waals surface area contributed by atoms with Gasteiger partial charge in [-0.25, -0.2) is 9.97 Å². The maximum Gasteiger partial charge on any atom is 0.257 e. The predicted molar refractivity (Wildman–Crippen MR) is 116 cm³/mol. The number of amides is 1. The molecule has 0 unspecified atom stereocenters. The molecule has 0 atom stereocenters. The average molecular weight is 396 g/mol. The summed E-state index contributed by atoms with van der Waals surface area (Å²) in [5.41, 5.74) is 4.54. The Balaban J connectivity index is 1.74. The van der Waals surface area contributed by atoms with Crippen LogP contribution in [0.4, 0.5) is 23.0 Å².